The molecule has 1 heterocycles. The zero-order valence-corrected chi connectivity index (χ0v) is 15.8. The second kappa shape index (κ2) is 9.73. The summed E-state index contributed by atoms with van der Waals surface area (Å²) >= 11 is 1.67. The van der Waals surface area contributed by atoms with Gasteiger partial charge in [0.25, 0.3) is 0 Å². The number of aryl methyl sites for hydroxylation is 1. The van der Waals surface area contributed by atoms with Crippen molar-refractivity contribution in [3.8, 4) is 11.3 Å². The van der Waals surface area contributed by atoms with Gasteiger partial charge in [-0.2, -0.15) is 0 Å². The Bertz CT molecular complexity index is 812. The number of hydrogen-bond acceptors (Lipinski definition) is 3. The number of aromatic nitrogens is 1. The standard InChI is InChI=1S/C21H24N4S/c1-22-21(23-14-8-11-17-9-4-2-5-10-17)24-15-20-25-19(16-26-20)18-12-6-3-7-13-18/h2-7,9-10,12-13,16H,8,11,14-15H2,1H3,(H2,22,23,24). The van der Waals surface area contributed by atoms with Gasteiger partial charge < -0.3 is 10.6 Å². The molecule has 5 heteroatoms. The number of guanidine groups is 1. The average molecular weight is 365 g/mol. The van der Waals surface area contributed by atoms with Crippen molar-refractivity contribution in [3.05, 3.63) is 76.6 Å². The molecule has 0 aliphatic rings. The van der Waals surface area contributed by atoms with Crippen LogP contribution in [0.1, 0.15) is 17.0 Å². The van der Waals surface area contributed by atoms with Crippen LogP contribution >= 0.6 is 11.3 Å². The monoisotopic (exact) mass is 364 g/mol. The quantitative estimate of drug-likeness (QED) is 0.377. The first-order valence-electron chi connectivity index (χ1n) is 8.83. The number of benzene rings is 2. The summed E-state index contributed by atoms with van der Waals surface area (Å²) < 4.78 is 0. The van der Waals surface area contributed by atoms with Gasteiger partial charge in [-0.1, -0.05) is 60.7 Å². The van der Waals surface area contributed by atoms with Gasteiger partial charge in [-0.05, 0) is 18.4 Å². The largest absolute Gasteiger partial charge is 0.356 e. The highest BCUT2D eigenvalue weighted by molar-refractivity contribution is 7.09. The molecule has 134 valence electrons. The fraction of sp³-hybridized carbons (Fsp3) is 0.238. The number of nitrogens with zero attached hydrogens (tertiary/aromatic N) is 2. The second-order valence-corrected chi connectivity index (χ2v) is 6.88. The van der Waals surface area contributed by atoms with Crippen molar-refractivity contribution < 1.29 is 0 Å². The average Bonchev–Trinajstić information content (AvgIpc) is 3.18. The fourth-order valence-corrected chi connectivity index (χ4v) is 3.40. The Morgan fingerprint density at radius 3 is 2.46 bits per heavy atom. The maximum absolute atomic E-state index is 4.70. The van der Waals surface area contributed by atoms with Crippen LogP contribution in [0.3, 0.4) is 0 Å². The summed E-state index contributed by atoms with van der Waals surface area (Å²) in [4.78, 5) is 8.98. The van der Waals surface area contributed by atoms with Gasteiger partial charge in [-0.3, -0.25) is 4.99 Å². The van der Waals surface area contributed by atoms with Gasteiger partial charge in [0.05, 0.1) is 12.2 Å². The van der Waals surface area contributed by atoms with Crippen molar-refractivity contribution in [2.45, 2.75) is 19.4 Å². The topological polar surface area (TPSA) is 49.3 Å². The molecule has 0 fully saturated rings. The highest BCUT2D eigenvalue weighted by Crippen LogP contribution is 2.21. The van der Waals surface area contributed by atoms with E-state index in [0.29, 0.717) is 6.54 Å². The molecule has 0 atom stereocenters. The molecule has 4 nitrogen and oxygen atoms in total. The molecule has 0 radical (unpaired) electrons. The first kappa shape index (κ1) is 18.1. The minimum Gasteiger partial charge on any atom is -0.356 e. The van der Waals surface area contributed by atoms with Crippen LogP contribution in [0.15, 0.2) is 71.0 Å². The second-order valence-electron chi connectivity index (χ2n) is 5.93. The maximum atomic E-state index is 4.70. The normalized spacial score (nSPS) is 11.3. The molecule has 0 saturated heterocycles. The van der Waals surface area contributed by atoms with Crippen molar-refractivity contribution in [2.24, 2.45) is 4.99 Å². The van der Waals surface area contributed by atoms with E-state index >= 15 is 0 Å². The maximum Gasteiger partial charge on any atom is 0.191 e. The first-order chi connectivity index (χ1) is 12.8. The summed E-state index contributed by atoms with van der Waals surface area (Å²) in [6.07, 6.45) is 2.14. The van der Waals surface area contributed by atoms with Crippen molar-refractivity contribution in [1.29, 1.82) is 0 Å². The first-order valence-corrected chi connectivity index (χ1v) is 9.71. The SMILES string of the molecule is CN=C(NCCCc1ccccc1)NCc1nc(-c2ccccc2)cs1. The summed E-state index contributed by atoms with van der Waals surface area (Å²) in [5.74, 6) is 0.814. The van der Waals surface area contributed by atoms with E-state index in [1.54, 1.807) is 18.4 Å². The summed E-state index contributed by atoms with van der Waals surface area (Å²) in [5.41, 5.74) is 3.55. The van der Waals surface area contributed by atoms with Crippen LogP contribution in [0.25, 0.3) is 11.3 Å². The van der Waals surface area contributed by atoms with E-state index in [1.807, 2.05) is 18.2 Å². The third kappa shape index (κ3) is 5.43. The molecule has 0 aliphatic carbocycles. The Kier molecular flexibility index (Phi) is 6.79. The number of hydrogen-bond donors (Lipinski definition) is 2. The van der Waals surface area contributed by atoms with Gasteiger partial charge in [0.2, 0.25) is 0 Å². The lowest BCUT2D eigenvalue weighted by Crippen LogP contribution is -2.37. The van der Waals surface area contributed by atoms with Crippen LogP contribution in [0, 0.1) is 0 Å². The van der Waals surface area contributed by atoms with Gasteiger partial charge in [-0.15, -0.1) is 11.3 Å². The Morgan fingerprint density at radius 1 is 1.00 bits per heavy atom. The lowest BCUT2D eigenvalue weighted by atomic mass is 10.1. The molecule has 0 spiro atoms. The van der Waals surface area contributed by atoms with Gasteiger partial charge in [0.1, 0.15) is 5.01 Å². The summed E-state index contributed by atoms with van der Waals surface area (Å²) in [5, 5.41) is 9.85. The summed E-state index contributed by atoms with van der Waals surface area (Å²) in [6.45, 7) is 1.57. The highest BCUT2D eigenvalue weighted by Gasteiger charge is 2.05. The molecule has 0 aliphatic heterocycles. The number of rotatable bonds is 7. The van der Waals surface area contributed by atoms with E-state index < -0.39 is 0 Å². The Balaban J connectivity index is 1.42. The molecule has 0 unspecified atom stereocenters. The zero-order valence-electron chi connectivity index (χ0n) is 15.0. The van der Waals surface area contributed by atoms with Crippen molar-refractivity contribution >= 4 is 17.3 Å². The lowest BCUT2D eigenvalue weighted by molar-refractivity contribution is 0.741. The van der Waals surface area contributed by atoms with Crippen molar-refractivity contribution in [1.82, 2.24) is 15.6 Å². The van der Waals surface area contributed by atoms with Crippen LogP contribution in [-0.2, 0) is 13.0 Å². The Labute approximate surface area is 159 Å². The third-order valence-corrected chi connectivity index (χ3v) is 4.88. The molecule has 3 rings (SSSR count). The van der Waals surface area contributed by atoms with Crippen LogP contribution in [0.2, 0.25) is 0 Å². The Morgan fingerprint density at radius 2 is 1.73 bits per heavy atom. The molecule has 2 N–H and O–H groups in total. The molecule has 0 saturated carbocycles. The van der Waals surface area contributed by atoms with Gasteiger partial charge >= 0.3 is 0 Å². The minimum atomic E-state index is 0.676. The van der Waals surface area contributed by atoms with Gasteiger partial charge in [0, 0.05) is 24.5 Å². The molecule has 0 bridgehead atoms. The summed E-state index contributed by atoms with van der Waals surface area (Å²) in [7, 11) is 1.80. The smallest absolute Gasteiger partial charge is 0.191 e. The molecular formula is C21H24N4S. The number of nitrogens with one attached hydrogen (secondary N) is 2. The van der Waals surface area contributed by atoms with Crippen LogP contribution in [0.4, 0.5) is 0 Å². The highest BCUT2D eigenvalue weighted by atomic mass is 32.1. The van der Waals surface area contributed by atoms with Crippen molar-refractivity contribution in [3.63, 3.8) is 0 Å². The van der Waals surface area contributed by atoms with Crippen LogP contribution in [-0.4, -0.2) is 24.5 Å². The molecular weight excluding hydrogens is 340 g/mol. The minimum absolute atomic E-state index is 0.676. The Hall–Kier alpha value is -2.66. The molecule has 26 heavy (non-hydrogen) atoms. The predicted octanol–water partition coefficient (Wildman–Crippen LogP) is 4.11. The van der Waals surface area contributed by atoms with E-state index in [2.05, 4.69) is 63.5 Å². The molecule has 3 aromatic rings. The van der Waals surface area contributed by atoms with E-state index in [-0.39, 0.29) is 0 Å². The molecule has 0 amide bonds. The van der Waals surface area contributed by atoms with E-state index in [9.17, 15) is 0 Å². The molecule has 2 aromatic carbocycles. The van der Waals surface area contributed by atoms with Crippen molar-refractivity contribution in [2.75, 3.05) is 13.6 Å². The van der Waals surface area contributed by atoms with Gasteiger partial charge in [-0.25, -0.2) is 4.98 Å². The number of thiazole rings is 1. The van der Waals surface area contributed by atoms with E-state index in [1.165, 1.54) is 5.56 Å². The van der Waals surface area contributed by atoms with E-state index in [4.69, 9.17) is 4.98 Å². The number of aliphatic imine (C=N–C) groups is 1. The van der Waals surface area contributed by atoms with Crippen LogP contribution < -0.4 is 10.6 Å². The fourth-order valence-electron chi connectivity index (χ4n) is 2.66. The predicted molar refractivity (Wildman–Crippen MR) is 111 cm³/mol. The summed E-state index contributed by atoms with van der Waals surface area (Å²) in [6, 6.07) is 20.8. The van der Waals surface area contributed by atoms with Crippen LogP contribution in [0.5, 0.6) is 0 Å². The third-order valence-electron chi connectivity index (χ3n) is 4.03. The lowest BCUT2D eigenvalue weighted by Gasteiger charge is -2.10. The zero-order chi connectivity index (χ0) is 18.0. The van der Waals surface area contributed by atoms with E-state index in [0.717, 1.165) is 41.6 Å². The molecule has 1 aromatic heterocycles. The van der Waals surface area contributed by atoms with Gasteiger partial charge in [0.15, 0.2) is 5.96 Å².